The Bertz CT molecular complexity index is 628. The first kappa shape index (κ1) is 15.5. The SMILES string of the molecule is C=CCOC(=O)C1=C(C)NC(=S)N[C@H]1c1ccccc1Cl. The third-order valence-electron chi connectivity index (χ3n) is 3.04. The zero-order valence-electron chi connectivity index (χ0n) is 11.5. The highest BCUT2D eigenvalue weighted by Gasteiger charge is 2.31. The number of rotatable bonds is 4. The maximum atomic E-state index is 12.3. The van der Waals surface area contributed by atoms with Crippen LogP contribution in [0.1, 0.15) is 18.5 Å². The van der Waals surface area contributed by atoms with E-state index in [4.69, 9.17) is 28.6 Å². The van der Waals surface area contributed by atoms with Gasteiger partial charge in [-0.1, -0.05) is 42.5 Å². The summed E-state index contributed by atoms with van der Waals surface area (Å²) in [5.41, 5.74) is 1.88. The fourth-order valence-corrected chi connectivity index (χ4v) is 2.64. The van der Waals surface area contributed by atoms with Crippen LogP contribution in [-0.4, -0.2) is 17.7 Å². The van der Waals surface area contributed by atoms with Gasteiger partial charge in [-0.2, -0.15) is 0 Å². The molecule has 1 aromatic carbocycles. The van der Waals surface area contributed by atoms with Crippen molar-refractivity contribution in [2.45, 2.75) is 13.0 Å². The van der Waals surface area contributed by atoms with Crippen molar-refractivity contribution < 1.29 is 9.53 Å². The first-order chi connectivity index (χ1) is 10.0. The first-order valence-electron chi connectivity index (χ1n) is 6.35. The molecule has 6 heteroatoms. The molecule has 1 aliphatic rings. The number of halogens is 1. The topological polar surface area (TPSA) is 50.4 Å². The maximum absolute atomic E-state index is 12.3. The molecule has 110 valence electrons. The van der Waals surface area contributed by atoms with Gasteiger partial charge in [-0.15, -0.1) is 0 Å². The van der Waals surface area contributed by atoms with E-state index >= 15 is 0 Å². The van der Waals surface area contributed by atoms with E-state index < -0.39 is 12.0 Å². The van der Waals surface area contributed by atoms with Crippen LogP contribution in [0.3, 0.4) is 0 Å². The lowest BCUT2D eigenvalue weighted by atomic mass is 9.95. The van der Waals surface area contributed by atoms with Crippen LogP contribution >= 0.6 is 23.8 Å². The molecule has 2 N–H and O–H groups in total. The molecular formula is C15H15ClN2O2S. The summed E-state index contributed by atoms with van der Waals surface area (Å²) in [7, 11) is 0. The Balaban J connectivity index is 2.43. The van der Waals surface area contributed by atoms with E-state index in [0.29, 0.717) is 21.4 Å². The van der Waals surface area contributed by atoms with E-state index in [-0.39, 0.29) is 6.61 Å². The molecule has 0 aromatic heterocycles. The van der Waals surface area contributed by atoms with Gasteiger partial charge >= 0.3 is 5.97 Å². The van der Waals surface area contributed by atoms with Crippen LogP contribution in [0.25, 0.3) is 0 Å². The number of esters is 1. The average molecular weight is 323 g/mol. The van der Waals surface area contributed by atoms with E-state index in [0.717, 1.165) is 5.56 Å². The van der Waals surface area contributed by atoms with Gasteiger partial charge in [0, 0.05) is 10.7 Å². The van der Waals surface area contributed by atoms with Gasteiger partial charge in [0.2, 0.25) is 0 Å². The number of allylic oxidation sites excluding steroid dienone is 1. The normalized spacial score (nSPS) is 17.8. The van der Waals surface area contributed by atoms with Gasteiger partial charge in [-0.05, 0) is 30.8 Å². The van der Waals surface area contributed by atoms with Crippen LogP contribution < -0.4 is 10.6 Å². The third-order valence-corrected chi connectivity index (χ3v) is 3.60. The van der Waals surface area contributed by atoms with E-state index in [1.165, 1.54) is 6.08 Å². The molecule has 1 aromatic rings. The fourth-order valence-electron chi connectivity index (χ4n) is 2.12. The minimum atomic E-state index is -0.440. The number of carbonyl (C=O) groups is 1. The van der Waals surface area contributed by atoms with E-state index in [2.05, 4.69) is 17.2 Å². The van der Waals surface area contributed by atoms with Crippen molar-refractivity contribution >= 4 is 34.9 Å². The first-order valence-corrected chi connectivity index (χ1v) is 7.14. The van der Waals surface area contributed by atoms with Crippen LogP contribution in [0.2, 0.25) is 5.02 Å². The van der Waals surface area contributed by atoms with Gasteiger partial charge in [-0.25, -0.2) is 4.79 Å². The Morgan fingerprint density at radius 2 is 2.24 bits per heavy atom. The predicted molar refractivity (Wildman–Crippen MR) is 86.9 cm³/mol. The number of benzene rings is 1. The molecule has 0 saturated carbocycles. The van der Waals surface area contributed by atoms with Gasteiger partial charge in [0.1, 0.15) is 6.61 Å². The number of nitrogens with one attached hydrogen (secondary N) is 2. The Kier molecular flexibility index (Phi) is 4.98. The minimum absolute atomic E-state index is 0.148. The minimum Gasteiger partial charge on any atom is -0.458 e. The van der Waals surface area contributed by atoms with Crippen LogP contribution in [0, 0.1) is 0 Å². The highest BCUT2D eigenvalue weighted by atomic mass is 35.5. The zero-order chi connectivity index (χ0) is 15.4. The van der Waals surface area contributed by atoms with Crippen molar-refractivity contribution in [2.24, 2.45) is 0 Å². The number of hydrogen-bond acceptors (Lipinski definition) is 3. The number of thiocarbonyl (C=S) groups is 1. The average Bonchev–Trinajstić information content (AvgIpc) is 2.44. The summed E-state index contributed by atoms with van der Waals surface area (Å²) < 4.78 is 5.15. The molecule has 1 heterocycles. The van der Waals surface area contributed by atoms with E-state index in [9.17, 15) is 4.79 Å². The summed E-state index contributed by atoms with van der Waals surface area (Å²) in [6.07, 6.45) is 1.52. The Morgan fingerprint density at radius 1 is 1.52 bits per heavy atom. The largest absolute Gasteiger partial charge is 0.458 e. The quantitative estimate of drug-likeness (QED) is 0.507. The molecule has 1 atom stereocenters. The Hall–Kier alpha value is -1.85. The van der Waals surface area contributed by atoms with Crippen LogP contribution in [-0.2, 0) is 9.53 Å². The second kappa shape index (κ2) is 6.74. The molecule has 0 aliphatic carbocycles. The predicted octanol–water partition coefficient (Wildman–Crippen LogP) is 2.86. The maximum Gasteiger partial charge on any atom is 0.338 e. The highest BCUT2D eigenvalue weighted by Crippen LogP contribution is 2.31. The monoisotopic (exact) mass is 322 g/mol. The lowest BCUT2D eigenvalue weighted by molar-refractivity contribution is -0.138. The summed E-state index contributed by atoms with van der Waals surface area (Å²) in [5, 5.41) is 7.00. The molecule has 1 aliphatic heterocycles. The highest BCUT2D eigenvalue weighted by molar-refractivity contribution is 7.80. The van der Waals surface area contributed by atoms with Crippen LogP contribution in [0.15, 0.2) is 48.2 Å². The molecule has 2 rings (SSSR count). The molecule has 0 fully saturated rings. The Morgan fingerprint density at radius 3 is 2.90 bits per heavy atom. The van der Waals surface area contributed by atoms with Crippen LogP contribution in [0.5, 0.6) is 0 Å². The second-order valence-corrected chi connectivity index (χ2v) is 5.29. The van der Waals surface area contributed by atoms with Crippen molar-refractivity contribution in [1.82, 2.24) is 10.6 Å². The standard InChI is InChI=1S/C15H15ClN2O2S/c1-3-8-20-14(19)12-9(2)17-15(21)18-13(12)10-6-4-5-7-11(10)16/h3-7,13H,1,8H2,2H3,(H2,17,18,21)/t13-/m0/s1. The van der Waals surface area contributed by atoms with E-state index in [1.54, 1.807) is 13.0 Å². The van der Waals surface area contributed by atoms with E-state index in [1.807, 2.05) is 18.2 Å². The third kappa shape index (κ3) is 3.43. The van der Waals surface area contributed by atoms with Crippen molar-refractivity contribution in [3.05, 3.63) is 58.8 Å². The molecule has 4 nitrogen and oxygen atoms in total. The van der Waals surface area contributed by atoms with Gasteiger partial charge < -0.3 is 15.4 Å². The van der Waals surface area contributed by atoms with Crippen LogP contribution in [0.4, 0.5) is 0 Å². The fraction of sp³-hybridized carbons (Fsp3) is 0.200. The second-order valence-electron chi connectivity index (χ2n) is 4.48. The molecule has 0 bridgehead atoms. The molecule has 0 spiro atoms. The van der Waals surface area contributed by atoms with Crippen molar-refractivity contribution in [1.29, 1.82) is 0 Å². The smallest absolute Gasteiger partial charge is 0.338 e. The van der Waals surface area contributed by atoms with Crippen molar-refractivity contribution in [3.8, 4) is 0 Å². The number of hydrogen-bond donors (Lipinski definition) is 2. The van der Waals surface area contributed by atoms with Gasteiger partial charge in [0.25, 0.3) is 0 Å². The van der Waals surface area contributed by atoms with Gasteiger partial charge in [0.05, 0.1) is 11.6 Å². The summed E-state index contributed by atoms with van der Waals surface area (Å²) in [6.45, 7) is 5.46. The molecule has 0 unspecified atom stereocenters. The summed E-state index contributed by atoms with van der Waals surface area (Å²) in [4.78, 5) is 12.3. The number of ether oxygens (including phenoxy) is 1. The summed E-state index contributed by atoms with van der Waals surface area (Å²) in [6, 6.07) is 6.87. The Labute approximate surface area is 133 Å². The van der Waals surface area contributed by atoms with Gasteiger partial charge in [-0.3, -0.25) is 0 Å². The molecule has 21 heavy (non-hydrogen) atoms. The molecule has 0 radical (unpaired) electrons. The lowest BCUT2D eigenvalue weighted by Gasteiger charge is -2.30. The lowest BCUT2D eigenvalue weighted by Crippen LogP contribution is -2.45. The molecule has 0 saturated heterocycles. The zero-order valence-corrected chi connectivity index (χ0v) is 13.1. The molecular weight excluding hydrogens is 308 g/mol. The van der Waals surface area contributed by atoms with Gasteiger partial charge in [0.15, 0.2) is 5.11 Å². The number of carbonyl (C=O) groups excluding carboxylic acids is 1. The molecule has 0 amide bonds. The summed E-state index contributed by atoms with van der Waals surface area (Å²) >= 11 is 11.4. The van der Waals surface area contributed by atoms with Crippen molar-refractivity contribution in [2.75, 3.05) is 6.61 Å². The summed E-state index contributed by atoms with van der Waals surface area (Å²) in [5.74, 6) is -0.431. The van der Waals surface area contributed by atoms with Crippen molar-refractivity contribution in [3.63, 3.8) is 0 Å².